The van der Waals surface area contributed by atoms with E-state index in [1.807, 2.05) is 29.2 Å². The molecule has 1 heterocycles. The summed E-state index contributed by atoms with van der Waals surface area (Å²) in [4.78, 5) is 16.0. The number of nitriles is 1. The fourth-order valence-electron chi connectivity index (χ4n) is 3.23. The summed E-state index contributed by atoms with van der Waals surface area (Å²) in [6.07, 6.45) is -0.522. The van der Waals surface area contributed by atoms with Gasteiger partial charge in [0.25, 0.3) is 5.91 Å². The molecule has 1 aliphatic rings. The van der Waals surface area contributed by atoms with Gasteiger partial charge in [0.2, 0.25) is 0 Å². The lowest BCUT2D eigenvalue weighted by molar-refractivity contribution is -0.917. The smallest absolute Gasteiger partial charge is 0.263 e. The minimum absolute atomic E-state index is 0.0161. The Hall–Kier alpha value is -2.55. The van der Waals surface area contributed by atoms with E-state index in [4.69, 9.17) is 21.6 Å². The van der Waals surface area contributed by atoms with E-state index in [9.17, 15) is 4.79 Å². The lowest BCUT2D eigenvalue weighted by Crippen LogP contribution is -3.13. The monoisotopic (exact) mass is 384 g/mol. The van der Waals surface area contributed by atoms with Crippen LogP contribution in [0.4, 0.5) is 0 Å². The summed E-state index contributed by atoms with van der Waals surface area (Å²) in [6.45, 7) is 5.94. The van der Waals surface area contributed by atoms with Crippen molar-refractivity contribution in [1.29, 1.82) is 5.26 Å². The molecule has 0 aliphatic carbocycles. The van der Waals surface area contributed by atoms with Crippen LogP contribution in [0.2, 0.25) is 5.02 Å². The molecular formula is C21H23ClN3O2+. The topological polar surface area (TPSA) is 57.8 Å². The van der Waals surface area contributed by atoms with Crippen molar-refractivity contribution in [2.24, 2.45) is 0 Å². The van der Waals surface area contributed by atoms with Crippen LogP contribution in [0.15, 0.2) is 48.5 Å². The van der Waals surface area contributed by atoms with Crippen molar-refractivity contribution >= 4 is 17.5 Å². The van der Waals surface area contributed by atoms with Crippen molar-refractivity contribution < 1.29 is 14.4 Å². The van der Waals surface area contributed by atoms with Crippen LogP contribution in [0.25, 0.3) is 0 Å². The molecule has 1 amide bonds. The highest BCUT2D eigenvalue weighted by Gasteiger charge is 2.27. The van der Waals surface area contributed by atoms with Crippen LogP contribution in [-0.4, -0.2) is 43.1 Å². The fourth-order valence-corrected chi connectivity index (χ4v) is 3.36. The summed E-state index contributed by atoms with van der Waals surface area (Å²) >= 11 is 5.87. The lowest BCUT2D eigenvalue weighted by atomic mass is 10.1. The van der Waals surface area contributed by atoms with E-state index < -0.39 is 6.10 Å². The van der Waals surface area contributed by atoms with Gasteiger partial charge in [-0.2, -0.15) is 5.26 Å². The van der Waals surface area contributed by atoms with Gasteiger partial charge in [0.1, 0.15) is 12.3 Å². The molecule has 0 bridgehead atoms. The first kappa shape index (κ1) is 19.2. The van der Waals surface area contributed by atoms with Crippen molar-refractivity contribution in [3.05, 3.63) is 64.7 Å². The Morgan fingerprint density at radius 3 is 2.41 bits per heavy atom. The molecule has 1 atom stereocenters. The first-order chi connectivity index (χ1) is 13.0. The molecule has 2 aromatic rings. The highest BCUT2D eigenvalue weighted by Crippen LogP contribution is 2.17. The number of carbonyl (C=O) groups is 1. The minimum atomic E-state index is -0.522. The molecule has 0 unspecified atom stereocenters. The zero-order valence-electron chi connectivity index (χ0n) is 15.3. The summed E-state index contributed by atoms with van der Waals surface area (Å²) in [5, 5.41) is 9.51. The Labute approximate surface area is 164 Å². The predicted molar refractivity (Wildman–Crippen MR) is 104 cm³/mol. The number of hydrogen-bond acceptors (Lipinski definition) is 3. The molecule has 6 heteroatoms. The van der Waals surface area contributed by atoms with Crippen molar-refractivity contribution in [3.63, 3.8) is 0 Å². The third-order valence-corrected chi connectivity index (χ3v) is 5.05. The van der Waals surface area contributed by atoms with E-state index in [2.05, 4.69) is 6.07 Å². The van der Waals surface area contributed by atoms with Crippen LogP contribution in [0.5, 0.6) is 5.75 Å². The molecule has 2 aromatic carbocycles. The number of piperazine rings is 1. The number of benzene rings is 2. The van der Waals surface area contributed by atoms with Gasteiger partial charge in [0, 0.05) is 10.6 Å². The van der Waals surface area contributed by atoms with Crippen LogP contribution in [0.3, 0.4) is 0 Å². The molecule has 5 nitrogen and oxygen atoms in total. The third-order valence-electron chi connectivity index (χ3n) is 4.79. The van der Waals surface area contributed by atoms with Gasteiger partial charge in [0.15, 0.2) is 6.10 Å². The Morgan fingerprint density at radius 1 is 1.19 bits per heavy atom. The van der Waals surface area contributed by atoms with E-state index in [-0.39, 0.29) is 5.91 Å². The second-order valence-electron chi connectivity index (χ2n) is 6.77. The maximum Gasteiger partial charge on any atom is 0.263 e. The van der Waals surface area contributed by atoms with Crippen molar-refractivity contribution in [3.8, 4) is 11.8 Å². The summed E-state index contributed by atoms with van der Waals surface area (Å²) in [5.74, 6) is 0.660. The number of ether oxygens (including phenoxy) is 1. The zero-order valence-corrected chi connectivity index (χ0v) is 16.1. The molecule has 1 aliphatic heterocycles. The second-order valence-corrected chi connectivity index (χ2v) is 7.21. The predicted octanol–water partition coefficient (Wildman–Crippen LogP) is 1.91. The summed E-state index contributed by atoms with van der Waals surface area (Å²) in [6, 6.07) is 16.9. The van der Waals surface area contributed by atoms with E-state index in [0.29, 0.717) is 16.3 Å². The largest absolute Gasteiger partial charge is 0.481 e. The summed E-state index contributed by atoms with van der Waals surface area (Å²) in [7, 11) is 0. The molecule has 1 saturated heterocycles. The molecule has 1 N–H and O–H groups in total. The summed E-state index contributed by atoms with van der Waals surface area (Å²) < 4.78 is 5.75. The van der Waals surface area contributed by atoms with Crippen LogP contribution < -0.4 is 9.64 Å². The summed E-state index contributed by atoms with van der Waals surface area (Å²) in [5.41, 5.74) is 1.89. The number of rotatable bonds is 5. The van der Waals surface area contributed by atoms with Crippen LogP contribution >= 0.6 is 11.6 Å². The SMILES string of the molecule is C[C@H](Oc1ccc(Cl)cc1)C(=O)N1CC[NH+](Cc2ccc(C#N)cc2)CC1. The zero-order chi connectivity index (χ0) is 19.2. The first-order valence-electron chi connectivity index (χ1n) is 9.09. The van der Waals surface area contributed by atoms with Crippen LogP contribution in [-0.2, 0) is 11.3 Å². The van der Waals surface area contributed by atoms with Gasteiger partial charge in [-0.1, -0.05) is 23.7 Å². The molecule has 0 saturated carbocycles. The van der Waals surface area contributed by atoms with Crippen LogP contribution in [0, 0.1) is 11.3 Å². The van der Waals surface area contributed by atoms with E-state index in [0.717, 1.165) is 32.7 Å². The Kier molecular flexibility index (Phi) is 6.33. The molecule has 140 valence electrons. The number of nitrogens with one attached hydrogen (secondary N) is 1. The average Bonchev–Trinajstić information content (AvgIpc) is 2.70. The van der Waals surface area contributed by atoms with Gasteiger partial charge >= 0.3 is 0 Å². The van der Waals surface area contributed by atoms with Gasteiger partial charge < -0.3 is 14.5 Å². The van der Waals surface area contributed by atoms with Crippen molar-refractivity contribution in [2.45, 2.75) is 19.6 Å². The normalized spacial score (nSPS) is 15.8. The number of hydrogen-bond donors (Lipinski definition) is 1. The molecule has 0 radical (unpaired) electrons. The molecular weight excluding hydrogens is 362 g/mol. The molecule has 27 heavy (non-hydrogen) atoms. The highest BCUT2D eigenvalue weighted by atomic mass is 35.5. The van der Waals surface area contributed by atoms with E-state index >= 15 is 0 Å². The molecule has 0 aromatic heterocycles. The number of amides is 1. The highest BCUT2D eigenvalue weighted by molar-refractivity contribution is 6.30. The van der Waals surface area contributed by atoms with Crippen LogP contribution in [0.1, 0.15) is 18.1 Å². The number of carbonyl (C=O) groups excluding carboxylic acids is 1. The van der Waals surface area contributed by atoms with Crippen molar-refractivity contribution in [2.75, 3.05) is 26.2 Å². The lowest BCUT2D eigenvalue weighted by Gasteiger charge is -2.33. The number of quaternary nitrogens is 1. The van der Waals surface area contributed by atoms with E-state index in [1.165, 1.54) is 10.5 Å². The number of nitrogens with zero attached hydrogens (tertiary/aromatic N) is 2. The molecule has 1 fully saturated rings. The second kappa shape index (κ2) is 8.90. The number of halogens is 1. The van der Waals surface area contributed by atoms with Gasteiger partial charge in [0.05, 0.1) is 37.8 Å². The standard InChI is InChI=1S/C21H22ClN3O2/c1-16(27-20-8-6-19(22)7-9-20)21(26)25-12-10-24(11-13-25)15-18-4-2-17(14-23)3-5-18/h2-9,16H,10-13,15H2,1H3/p+1/t16-/m0/s1. The Morgan fingerprint density at radius 2 is 1.81 bits per heavy atom. The minimum Gasteiger partial charge on any atom is -0.481 e. The molecule has 0 spiro atoms. The van der Waals surface area contributed by atoms with Gasteiger partial charge in [-0.25, -0.2) is 0 Å². The quantitative estimate of drug-likeness (QED) is 0.856. The Balaban J connectivity index is 1.48. The van der Waals surface area contributed by atoms with Gasteiger partial charge in [-0.05, 0) is 43.3 Å². The third kappa shape index (κ3) is 5.22. The van der Waals surface area contributed by atoms with Crippen molar-refractivity contribution in [1.82, 2.24) is 4.90 Å². The fraction of sp³-hybridized carbons (Fsp3) is 0.333. The molecule has 3 rings (SSSR count). The first-order valence-corrected chi connectivity index (χ1v) is 9.46. The maximum atomic E-state index is 12.6. The average molecular weight is 385 g/mol. The maximum absolute atomic E-state index is 12.6. The van der Waals surface area contributed by atoms with Gasteiger partial charge in [-0.3, -0.25) is 4.79 Å². The van der Waals surface area contributed by atoms with E-state index in [1.54, 1.807) is 31.2 Å². The Bertz CT molecular complexity index is 807. The van der Waals surface area contributed by atoms with Gasteiger partial charge in [-0.15, -0.1) is 0 Å².